The number of benzene rings is 2. The lowest BCUT2D eigenvalue weighted by Gasteiger charge is -2.14. The summed E-state index contributed by atoms with van der Waals surface area (Å²) in [5.74, 6) is 0.790. The summed E-state index contributed by atoms with van der Waals surface area (Å²) in [6.45, 7) is 2.23. The van der Waals surface area contributed by atoms with Gasteiger partial charge >= 0.3 is 5.97 Å². The fraction of sp³-hybridized carbons (Fsp3) is 0.304. The molecule has 2 aromatic carbocycles. The maximum atomic E-state index is 12.2. The fourth-order valence-electron chi connectivity index (χ4n) is 3.86. The normalized spacial score (nSPS) is 18.1. The summed E-state index contributed by atoms with van der Waals surface area (Å²) in [7, 11) is 1.65. The van der Waals surface area contributed by atoms with Gasteiger partial charge in [0.05, 0.1) is 19.6 Å². The number of hydrogen-bond donors (Lipinski definition) is 1. The topological polar surface area (TPSA) is 68.4 Å². The third-order valence-electron chi connectivity index (χ3n) is 5.37. The minimum atomic E-state index is -0.121. The van der Waals surface area contributed by atoms with E-state index >= 15 is 0 Å². The highest BCUT2D eigenvalue weighted by Gasteiger charge is 2.46. The number of esters is 1. The molecule has 0 spiro atoms. The van der Waals surface area contributed by atoms with Crippen LogP contribution in [0.5, 0.6) is 5.75 Å². The Morgan fingerprint density at radius 2 is 1.89 bits per heavy atom. The van der Waals surface area contributed by atoms with Crippen molar-refractivity contribution >= 4 is 16.9 Å². The van der Waals surface area contributed by atoms with Crippen molar-refractivity contribution in [2.45, 2.75) is 25.7 Å². The first-order valence-corrected chi connectivity index (χ1v) is 9.55. The number of ether oxygens (including phenoxy) is 2. The van der Waals surface area contributed by atoms with Crippen molar-refractivity contribution < 1.29 is 14.3 Å². The van der Waals surface area contributed by atoms with Gasteiger partial charge < -0.3 is 14.5 Å². The predicted octanol–water partition coefficient (Wildman–Crippen LogP) is 3.79. The van der Waals surface area contributed by atoms with Gasteiger partial charge in [0.2, 0.25) is 5.56 Å². The largest absolute Gasteiger partial charge is 0.497 e. The van der Waals surface area contributed by atoms with E-state index in [0.29, 0.717) is 6.61 Å². The van der Waals surface area contributed by atoms with Gasteiger partial charge in [-0.2, -0.15) is 0 Å². The first-order valence-electron chi connectivity index (χ1n) is 9.55. The number of hydrogen-bond acceptors (Lipinski definition) is 4. The molecule has 1 aliphatic rings. The average molecular weight is 377 g/mol. The summed E-state index contributed by atoms with van der Waals surface area (Å²) >= 11 is 0. The van der Waals surface area contributed by atoms with E-state index in [1.165, 1.54) is 0 Å². The molecule has 0 amide bonds. The smallest absolute Gasteiger partial charge is 0.309 e. The number of pyridine rings is 1. The van der Waals surface area contributed by atoms with Gasteiger partial charge in [0.25, 0.3) is 0 Å². The first-order chi connectivity index (χ1) is 13.6. The highest BCUT2D eigenvalue weighted by Crippen LogP contribution is 2.50. The first kappa shape index (κ1) is 18.3. The van der Waals surface area contributed by atoms with E-state index in [4.69, 9.17) is 9.47 Å². The molecule has 1 N–H and O–H groups in total. The molecule has 144 valence electrons. The Morgan fingerprint density at radius 1 is 1.11 bits per heavy atom. The van der Waals surface area contributed by atoms with Crippen molar-refractivity contribution in [3.8, 4) is 5.75 Å². The summed E-state index contributed by atoms with van der Waals surface area (Å²) in [5.41, 5.74) is 4.15. The predicted molar refractivity (Wildman–Crippen MR) is 108 cm³/mol. The van der Waals surface area contributed by atoms with Gasteiger partial charge in [0.15, 0.2) is 0 Å². The molecule has 2 unspecified atom stereocenters. The molecule has 2 atom stereocenters. The Balaban J connectivity index is 1.74. The van der Waals surface area contributed by atoms with Crippen LogP contribution in [0.4, 0.5) is 0 Å². The van der Waals surface area contributed by atoms with Crippen LogP contribution >= 0.6 is 0 Å². The molecule has 3 aromatic rings. The van der Waals surface area contributed by atoms with Gasteiger partial charge in [0.1, 0.15) is 5.75 Å². The molecule has 5 heteroatoms. The molecule has 5 nitrogen and oxygen atoms in total. The standard InChI is InChI=1S/C23H23NO4/c1-3-28-23(26)20-13-19(20)16-8-10-21-17(9-11-22(25)24-21)18(16)12-14-4-6-15(27-2)7-5-14/h4-11,19-20H,3,12-13H2,1-2H3,(H,24,25). The van der Waals surface area contributed by atoms with Crippen LogP contribution in [0.25, 0.3) is 10.9 Å². The van der Waals surface area contributed by atoms with Gasteiger partial charge in [-0.05, 0) is 66.6 Å². The van der Waals surface area contributed by atoms with E-state index in [9.17, 15) is 9.59 Å². The quantitative estimate of drug-likeness (QED) is 0.664. The zero-order chi connectivity index (χ0) is 19.7. The fourth-order valence-corrected chi connectivity index (χ4v) is 3.86. The number of methoxy groups -OCH3 is 1. The van der Waals surface area contributed by atoms with E-state index in [2.05, 4.69) is 4.98 Å². The monoisotopic (exact) mass is 377 g/mol. The van der Waals surface area contributed by atoms with Crippen LogP contribution in [-0.4, -0.2) is 24.7 Å². The maximum absolute atomic E-state index is 12.2. The van der Waals surface area contributed by atoms with Gasteiger partial charge in [0, 0.05) is 17.0 Å². The van der Waals surface area contributed by atoms with Gasteiger partial charge in [-0.3, -0.25) is 9.59 Å². The van der Waals surface area contributed by atoms with Crippen LogP contribution in [0.1, 0.15) is 36.0 Å². The highest BCUT2D eigenvalue weighted by molar-refractivity contribution is 5.85. The number of aromatic nitrogens is 1. The Bertz CT molecular complexity index is 1070. The molecule has 4 rings (SSSR count). The van der Waals surface area contributed by atoms with Crippen molar-refractivity contribution in [2.24, 2.45) is 5.92 Å². The zero-order valence-electron chi connectivity index (χ0n) is 16.0. The third kappa shape index (κ3) is 3.52. The Labute approximate surface area is 163 Å². The zero-order valence-corrected chi connectivity index (χ0v) is 16.0. The van der Waals surface area contributed by atoms with Crippen LogP contribution in [0, 0.1) is 5.92 Å². The molecule has 1 heterocycles. The maximum Gasteiger partial charge on any atom is 0.309 e. The molecule has 0 saturated heterocycles. The van der Waals surface area contributed by atoms with Crippen molar-refractivity contribution in [2.75, 3.05) is 13.7 Å². The van der Waals surface area contributed by atoms with Gasteiger partial charge in [-0.1, -0.05) is 18.2 Å². The third-order valence-corrected chi connectivity index (χ3v) is 5.37. The number of nitrogens with one attached hydrogen (secondary N) is 1. The Morgan fingerprint density at radius 3 is 2.61 bits per heavy atom. The molecular weight excluding hydrogens is 354 g/mol. The van der Waals surface area contributed by atoms with Crippen LogP contribution in [0.3, 0.4) is 0 Å². The van der Waals surface area contributed by atoms with Crippen LogP contribution in [-0.2, 0) is 16.0 Å². The number of carbonyl (C=O) groups excluding carboxylic acids is 1. The van der Waals surface area contributed by atoms with Crippen LogP contribution in [0.2, 0.25) is 0 Å². The van der Waals surface area contributed by atoms with Gasteiger partial charge in [-0.15, -0.1) is 0 Å². The molecule has 1 aromatic heterocycles. The minimum absolute atomic E-state index is 0.0743. The van der Waals surface area contributed by atoms with Crippen molar-refractivity contribution in [1.82, 2.24) is 4.98 Å². The Kier molecular flexibility index (Phi) is 4.90. The summed E-state index contributed by atoms with van der Waals surface area (Å²) in [4.78, 5) is 26.8. The summed E-state index contributed by atoms with van der Waals surface area (Å²) in [6.07, 6.45) is 1.53. The lowest BCUT2D eigenvalue weighted by Crippen LogP contribution is -2.09. The van der Waals surface area contributed by atoms with Crippen LogP contribution in [0.15, 0.2) is 53.3 Å². The van der Waals surface area contributed by atoms with Crippen molar-refractivity contribution in [1.29, 1.82) is 0 Å². The van der Waals surface area contributed by atoms with E-state index in [-0.39, 0.29) is 23.4 Å². The lowest BCUT2D eigenvalue weighted by molar-refractivity contribution is -0.144. The summed E-state index contributed by atoms with van der Waals surface area (Å²) in [5, 5.41) is 1.02. The van der Waals surface area contributed by atoms with Crippen LogP contribution < -0.4 is 10.3 Å². The second-order valence-electron chi connectivity index (χ2n) is 7.14. The number of carbonyl (C=O) groups is 1. The molecule has 28 heavy (non-hydrogen) atoms. The SMILES string of the molecule is CCOC(=O)C1CC1c1ccc2[nH]c(=O)ccc2c1Cc1ccc(OC)cc1. The molecule has 0 aliphatic heterocycles. The lowest BCUT2D eigenvalue weighted by atomic mass is 9.92. The number of fused-ring (bicyclic) bond motifs is 1. The second kappa shape index (κ2) is 7.50. The molecule has 1 aliphatic carbocycles. The average Bonchev–Trinajstić information content (AvgIpc) is 3.49. The van der Waals surface area contributed by atoms with Gasteiger partial charge in [-0.25, -0.2) is 0 Å². The van der Waals surface area contributed by atoms with E-state index in [1.54, 1.807) is 13.2 Å². The van der Waals surface area contributed by atoms with E-state index in [1.807, 2.05) is 49.4 Å². The summed E-state index contributed by atoms with van der Waals surface area (Å²) < 4.78 is 10.5. The number of aromatic amines is 1. The number of rotatable bonds is 6. The van der Waals surface area contributed by atoms with Crippen molar-refractivity contribution in [3.05, 3.63) is 75.6 Å². The molecule has 1 fully saturated rings. The highest BCUT2D eigenvalue weighted by atomic mass is 16.5. The van der Waals surface area contributed by atoms with E-state index in [0.717, 1.165) is 46.2 Å². The molecule has 1 saturated carbocycles. The van der Waals surface area contributed by atoms with Crippen molar-refractivity contribution in [3.63, 3.8) is 0 Å². The molecule has 0 bridgehead atoms. The summed E-state index contributed by atoms with van der Waals surface area (Å²) in [6, 6.07) is 15.4. The molecule has 0 radical (unpaired) electrons. The number of H-pyrrole nitrogens is 1. The Hall–Kier alpha value is -3.08. The van der Waals surface area contributed by atoms with E-state index < -0.39 is 0 Å². The second-order valence-corrected chi connectivity index (χ2v) is 7.14. The minimum Gasteiger partial charge on any atom is -0.497 e. The molecular formula is C23H23NO4.